The third-order valence-electron chi connectivity index (χ3n) is 2.34. The van der Waals surface area contributed by atoms with Crippen LogP contribution in [0, 0.1) is 5.92 Å². The van der Waals surface area contributed by atoms with Crippen molar-refractivity contribution in [3.8, 4) is 0 Å². The molecule has 0 fully saturated rings. The maximum Gasteiger partial charge on any atom is 0.227 e. The zero-order valence-corrected chi connectivity index (χ0v) is 9.73. The topological polar surface area (TPSA) is 68.2 Å². The first-order valence-electron chi connectivity index (χ1n) is 5.32. The number of aromatic nitrogens is 2. The molecule has 0 saturated carbocycles. The predicted molar refractivity (Wildman–Crippen MR) is 58.2 cm³/mol. The van der Waals surface area contributed by atoms with E-state index in [4.69, 9.17) is 10.3 Å². The third kappa shape index (κ3) is 3.97. The van der Waals surface area contributed by atoms with E-state index in [0.29, 0.717) is 24.9 Å². The van der Waals surface area contributed by atoms with Crippen LogP contribution in [0.3, 0.4) is 0 Å². The molecule has 86 valence electrons. The molecule has 1 heterocycles. The molecule has 0 saturated heterocycles. The summed E-state index contributed by atoms with van der Waals surface area (Å²) in [5, 5.41) is 3.91. The summed E-state index contributed by atoms with van der Waals surface area (Å²) < 4.78 is 5.16. The average molecular weight is 212 g/mol. The van der Waals surface area contributed by atoms with Gasteiger partial charge in [-0.25, -0.2) is 0 Å². The van der Waals surface area contributed by atoms with Crippen molar-refractivity contribution in [2.24, 2.45) is 11.7 Å². The highest BCUT2D eigenvalue weighted by atomic mass is 16.5. The fourth-order valence-corrected chi connectivity index (χ4v) is 1.36. The van der Waals surface area contributed by atoms with Gasteiger partial charge < -0.3 is 15.2 Å². The maximum atomic E-state index is 5.62. The molecule has 0 spiro atoms. The van der Waals surface area contributed by atoms with Crippen LogP contribution < -0.4 is 5.73 Å². The fraction of sp³-hybridized carbons (Fsp3) is 0.800. The summed E-state index contributed by atoms with van der Waals surface area (Å²) in [6.07, 6.45) is 1.83. The molecule has 2 N–H and O–H groups in total. The molecular formula is C10H20N4O. The fourth-order valence-electron chi connectivity index (χ4n) is 1.36. The Labute approximate surface area is 90.6 Å². The first-order chi connectivity index (χ1) is 7.15. The lowest BCUT2D eigenvalue weighted by Crippen LogP contribution is -2.16. The number of rotatable bonds is 6. The molecule has 1 aromatic heterocycles. The lowest BCUT2D eigenvalue weighted by Gasteiger charge is -2.07. The van der Waals surface area contributed by atoms with Gasteiger partial charge in [-0.05, 0) is 26.6 Å². The smallest absolute Gasteiger partial charge is 0.227 e. The Morgan fingerprint density at radius 1 is 1.47 bits per heavy atom. The molecule has 0 aliphatic rings. The van der Waals surface area contributed by atoms with E-state index < -0.39 is 0 Å². The molecule has 5 heteroatoms. The average Bonchev–Trinajstić information content (AvgIpc) is 2.61. The quantitative estimate of drug-likeness (QED) is 0.750. The second-order valence-electron chi connectivity index (χ2n) is 4.06. The van der Waals surface area contributed by atoms with E-state index in [9.17, 15) is 0 Å². The first-order valence-corrected chi connectivity index (χ1v) is 5.32. The number of nitrogens with zero attached hydrogens (tertiary/aromatic N) is 3. The van der Waals surface area contributed by atoms with Gasteiger partial charge in [0.1, 0.15) is 0 Å². The molecule has 0 aromatic carbocycles. The summed E-state index contributed by atoms with van der Waals surface area (Å²) in [6.45, 7) is 3.50. The van der Waals surface area contributed by atoms with Crippen molar-refractivity contribution in [2.45, 2.75) is 26.3 Å². The Morgan fingerprint density at radius 2 is 2.20 bits per heavy atom. The Hall–Kier alpha value is -0.940. The van der Waals surface area contributed by atoms with Crippen LogP contribution in [0.5, 0.6) is 0 Å². The number of nitrogens with two attached hydrogens (primary N) is 1. The molecule has 1 aromatic rings. The van der Waals surface area contributed by atoms with Crippen LogP contribution >= 0.6 is 0 Å². The van der Waals surface area contributed by atoms with Gasteiger partial charge in [0.05, 0.1) is 6.54 Å². The van der Waals surface area contributed by atoms with Gasteiger partial charge in [-0.1, -0.05) is 18.5 Å². The highest BCUT2D eigenvalue weighted by molar-refractivity contribution is 4.87. The zero-order valence-electron chi connectivity index (χ0n) is 9.73. The van der Waals surface area contributed by atoms with E-state index in [2.05, 4.69) is 17.1 Å². The Balaban J connectivity index is 2.52. The minimum Gasteiger partial charge on any atom is -0.339 e. The molecule has 0 radical (unpaired) electrons. The van der Waals surface area contributed by atoms with E-state index in [0.717, 1.165) is 18.7 Å². The standard InChI is InChI=1S/C10H20N4O/c1-4-8(6-11)5-10-12-9(13-15-10)7-14(2)3/h8H,4-7,11H2,1-3H3. The first kappa shape index (κ1) is 12.1. The largest absolute Gasteiger partial charge is 0.339 e. The molecule has 15 heavy (non-hydrogen) atoms. The van der Waals surface area contributed by atoms with Crippen molar-refractivity contribution in [1.82, 2.24) is 15.0 Å². The van der Waals surface area contributed by atoms with E-state index >= 15 is 0 Å². The van der Waals surface area contributed by atoms with Crippen LogP contribution in [0.25, 0.3) is 0 Å². The van der Waals surface area contributed by atoms with Gasteiger partial charge in [-0.3, -0.25) is 0 Å². The minimum atomic E-state index is 0.442. The van der Waals surface area contributed by atoms with Crippen LogP contribution in [-0.4, -0.2) is 35.7 Å². The molecule has 5 nitrogen and oxygen atoms in total. The van der Waals surface area contributed by atoms with Crippen LogP contribution in [0.1, 0.15) is 25.1 Å². The SMILES string of the molecule is CCC(CN)Cc1nc(CN(C)C)no1. The molecule has 0 bridgehead atoms. The summed E-state index contributed by atoms with van der Waals surface area (Å²) >= 11 is 0. The Morgan fingerprint density at radius 3 is 2.73 bits per heavy atom. The summed E-state index contributed by atoms with van der Waals surface area (Å²) in [5.74, 6) is 1.88. The van der Waals surface area contributed by atoms with Crippen molar-refractivity contribution in [3.05, 3.63) is 11.7 Å². The Kier molecular flexibility index (Phi) is 4.71. The molecule has 1 rings (SSSR count). The van der Waals surface area contributed by atoms with Gasteiger partial charge in [0.2, 0.25) is 5.89 Å². The molecule has 0 aliphatic carbocycles. The molecule has 0 aliphatic heterocycles. The van der Waals surface area contributed by atoms with E-state index in [1.165, 1.54) is 0 Å². The van der Waals surface area contributed by atoms with Gasteiger partial charge in [-0.2, -0.15) is 4.98 Å². The van der Waals surface area contributed by atoms with Gasteiger partial charge in [0.25, 0.3) is 0 Å². The van der Waals surface area contributed by atoms with Crippen LogP contribution in [-0.2, 0) is 13.0 Å². The monoisotopic (exact) mass is 212 g/mol. The maximum absolute atomic E-state index is 5.62. The van der Waals surface area contributed by atoms with E-state index in [-0.39, 0.29) is 0 Å². The molecule has 1 unspecified atom stereocenters. The zero-order chi connectivity index (χ0) is 11.3. The van der Waals surface area contributed by atoms with Crippen molar-refractivity contribution in [3.63, 3.8) is 0 Å². The third-order valence-corrected chi connectivity index (χ3v) is 2.34. The highest BCUT2D eigenvalue weighted by Crippen LogP contribution is 2.09. The normalized spacial score (nSPS) is 13.4. The second kappa shape index (κ2) is 5.82. The summed E-state index contributed by atoms with van der Waals surface area (Å²) in [4.78, 5) is 6.32. The molecule has 1 atom stereocenters. The second-order valence-corrected chi connectivity index (χ2v) is 4.06. The number of hydrogen-bond donors (Lipinski definition) is 1. The summed E-state index contributed by atoms with van der Waals surface area (Å²) in [7, 11) is 3.95. The highest BCUT2D eigenvalue weighted by Gasteiger charge is 2.12. The van der Waals surface area contributed by atoms with Crippen molar-refractivity contribution in [1.29, 1.82) is 0 Å². The number of hydrogen-bond acceptors (Lipinski definition) is 5. The van der Waals surface area contributed by atoms with Crippen molar-refractivity contribution >= 4 is 0 Å². The predicted octanol–water partition coefficient (Wildman–Crippen LogP) is 0.659. The van der Waals surface area contributed by atoms with E-state index in [1.807, 2.05) is 19.0 Å². The molecular weight excluding hydrogens is 192 g/mol. The van der Waals surface area contributed by atoms with Crippen LogP contribution in [0.4, 0.5) is 0 Å². The molecule has 0 amide bonds. The van der Waals surface area contributed by atoms with Gasteiger partial charge >= 0.3 is 0 Å². The van der Waals surface area contributed by atoms with E-state index in [1.54, 1.807) is 0 Å². The summed E-state index contributed by atoms with van der Waals surface area (Å²) in [6, 6.07) is 0. The Bertz CT molecular complexity index is 281. The lowest BCUT2D eigenvalue weighted by atomic mass is 10.0. The summed E-state index contributed by atoms with van der Waals surface area (Å²) in [5.41, 5.74) is 5.62. The van der Waals surface area contributed by atoms with Crippen LogP contribution in [0.15, 0.2) is 4.52 Å². The van der Waals surface area contributed by atoms with Crippen molar-refractivity contribution < 1.29 is 4.52 Å². The van der Waals surface area contributed by atoms with Gasteiger partial charge in [0, 0.05) is 6.42 Å². The van der Waals surface area contributed by atoms with Crippen molar-refractivity contribution in [2.75, 3.05) is 20.6 Å². The minimum absolute atomic E-state index is 0.442. The van der Waals surface area contributed by atoms with Crippen LogP contribution in [0.2, 0.25) is 0 Å². The van der Waals surface area contributed by atoms with Gasteiger partial charge in [0.15, 0.2) is 5.82 Å². The van der Waals surface area contributed by atoms with Gasteiger partial charge in [-0.15, -0.1) is 0 Å². The lowest BCUT2D eigenvalue weighted by molar-refractivity contribution is 0.335.